The van der Waals surface area contributed by atoms with Crippen molar-refractivity contribution in [2.45, 2.75) is 25.8 Å². The minimum atomic E-state index is -0.379. The molecule has 4 nitrogen and oxygen atoms in total. The van der Waals surface area contributed by atoms with Crippen LogP contribution < -0.4 is 5.32 Å². The van der Waals surface area contributed by atoms with Gasteiger partial charge in [-0.05, 0) is 43.3 Å². The third-order valence-corrected chi connectivity index (χ3v) is 4.73. The van der Waals surface area contributed by atoms with Crippen molar-refractivity contribution >= 4 is 28.8 Å². The number of benzene rings is 1. The van der Waals surface area contributed by atoms with E-state index in [0.29, 0.717) is 11.4 Å². The van der Waals surface area contributed by atoms with Gasteiger partial charge in [-0.2, -0.15) is 0 Å². The molecule has 1 aromatic carbocycles. The van der Waals surface area contributed by atoms with Gasteiger partial charge in [0.25, 0.3) is 5.91 Å². The van der Waals surface area contributed by atoms with Gasteiger partial charge in [0.2, 0.25) is 5.91 Å². The van der Waals surface area contributed by atoms with Crippen molar-refractivity contribution in [2.24, 2.45) is 0 Å². The van der Waals surface area contributed by atoms with Crippen LogP contribution in [0.3, 0.4) is 0 Å². The van der Waals surface area contributed by atoms with Crippen LogP contribution in [0.1, 0.15) is 28.1 Å². The lowest BCUT2D eigenvalue weighted by atomic mass is 10.2. The summed E-state index contributed by atoms with van der Waals surface area (Å²) in [7, 11) is 0. The Hall–Kier alpha value is -2.14. The molecule has 0 radical (unpaired) electrons. The third-order valence-electron chi connectivity index (χ3n) is 3.87. The highest BCUT2D eigenvalue weighted by Gasteiger charge is 2.34. The molecular formula is C17H18N2O2S. The average molecular weight is 314 g/mol. The van der Waals surface area contributed by atoms with Gasteiger partial charge in [0.05, 0.1) is 4.88 Å². The summed E-state index contributed by atoms with van der Waals surface area (Å²) in [6, 6.07) is 11.0. The molecule has 1 N–H and O–H groups in total. The molecule has 2 heterocycles. The smallest absolute Gasteiger partial charge is 0.264 e. The van der Waals surface area contributed by atoms with E-state index in [9.17, 15) is 9.59 Å². The van der Waals surface area contributed by atoms with Crippen LogP contribution in [0.25, 0.3) is 0 Å². The maximum atomic E-state index is 12.5. The van der Waals surface area contributed by atoms with Crippen LogP contribution in [0, 0.1) is 6.92 Å². The lowest BCUT2D eigenvalue weighted by Gasteiger charge is -2.23. The van der Waals surface area contributed by atoms with Crippen molar-refractivity contribution in [1.29, 1.82) is 0 Å². The largest absolute Gasteiger partial charge is 0.326 e. The Balaban J connectivity index is 1.71. The Labute approximate surface area is 133 Å². The van der Waals surface area contributed by atoms with E-state index in [1.165, 1.54) is 11.3 Å². The molecule has 1 atom stereocenters. The van der Waals surface area contributed by atoms with Gasteiger partial charge in [0.1, 0.15) is 6.04 Å². The number of carbonyl (C=O) groups is 2. The summed E-state index contributed by atoms with van der Waals surface area (Å²) in [5.74, 6) is -0.150. The highest BCUT2D eigenvalue weighted by Crippen LogP contribution is 2.23. The number of carbonyl (C=O) groups excluding carboxylic acids is 2. The van der Waals surface area contributed by atoms with Crippen LogP contribution in [-0.2, 0) is 4.79 Å². The monoisotopic (exact) mass is 314 g/mol. The van der Waals surface area contributed by atoms with Gasteiger partial charge in [0.15, 0.2) is 0 Å². The molecule has 1 unspecified atom stereocenters. The van der Waals surface area contributed by atoms with Crippen LogP contribution >= 0.6 is 11.3 Å². The van der Waals surface area contributed by atoms with Crippen molar-refractivity contribution < 1.29 is 9.59 Å². The number of anilines is 1. The maximum absolute atomic E-state index is 12.5. The molecule has 1 aliphatic rings. The van der Waals surface area contributed by atoms with E-state index in [-0.39, 0.29) is 17.9 Å². The van der Waals surface area contributed by atoms with Gasteiger partial charge < -0.3 is 10.2 Å². The second-order valence-electron chi connectivity index (χ2n) is 5.49. The predicted molar refractivity (Wildman–Crippen MR) is 88.2 cm³/mol. The van der Waals surface area contributed by atoms with Gasteiger partial charge in [-0.3, -0.25) is 9.59 Å². The molecule has 5 heteroatoms. The summed E-state index contributed by atoms with van der Waals surface area (Å²) >= 11 is 1.41. The molecule has 1 aromatic heterocycles. The van der Waals surface area contributed by atoms with Crippen LogP contribution in [-0.4, -0.2) is 29.3 Å². The molecular weight excluding hydrogens is 296 g/mol. The van der Waals surface area contributed by atoms with Crippen LogP contribution in [0.4, 0.5) is 5.69 Å². The molecule has 3 rings (SSSR count). The molecule has 22 heavy (non-hydrogen) atoms. The first-order valence-electron chi connectivity index (χ1n) is 7.37. The van der Waals surface area contributed by atoms with Crippen LogP contribution in [0.15, 0.2) is 41.8 Å². The van der Waals surface area contributed by atoms with E-state index in [1.54, 1.807) is 11.0 Å². The minimum absolute atomic E-state index is 0.0449. The van der Waals surface area contributed by atoms with Crippen LogP contribution in [0.5, 0.6) is 0 Å². The summed E-state index contributed by atoms with van der Waals surface area (Å²) in [5, 5.41) is 4.79. The zero-order valence-corrected chi connectivity index (χ0v) is 13.2. The number of hydrogen-bond acceptors (Lipinski definition) is 3. The number of amides is 2. The third kappa shape index (κ3) is 3.04. The lowest BCUT2D eigenvalue weighted by Crippen LogP contribution is -2.42. The highest BCUT2D eigenvalue weighted by molar-refractivity contribution is 7.12. The van der Waals surface area contributed by atoms with Gasteiger partial charge in [-0.1, -0.05) is 23.8 Å². The number of aryl methyl sites for hydroxylation is 1. The average Bonchev–Trinajstić information content (AvgIpc) is 3.20. The fourth-order valence-electron chi connectivity index (χ4n) is 2.69. The normalized spacial score (nSPS) is 17.5. The first-order chi connectivity index (χ1) is 10.6. The Morgan fingerprint density at radius 2 is 2.00 bits per heavy atom. The number of nitrogens with zero attached hydrogens (tertiary/aromatic N) is 1. The van der Waals surface area contributed by atoms with E-state index in [1.807, 2.05) is 42.6 Å². The molecule has 2 amide bonds. The Morgan fingerprint density at radius 3 is 2.68 bits per heavy atom. The molecule has 2 aromatic rings. The van der Waals surface area contributed by atoms with E-state index < -0.39 is 0 Å². The van der Waals surface area contributed by atoms with Crippen molar-refractivity contribution in [1.82, 2.24) is 4.90 Å². The topological polar surface area (TPSA) is 49.4 Å². The Kier molecular flexibility index (Phi) is 4.24. The molecule has 114 valence electrons. The predicted octanol–water partition coefficient (Wildman–Crippen LogP) is 3.30. The van der Waals surface area contributed by atoms with E-state index in [4.69, 9.17) is 0 Å². The van der Waals surface area contributed by atoms with E-state index >= 15 is 0 Å². The van der Waals surface area contributed by atoms with Gasteiger partial charge >= 0.3 is 0 Å². The SMILES string of the molecule is Cc1ccc(NC(=O)C2CCCN2C(=O)c2cccs2)cc1. The van der Waals surface area contributed by atoms with Gasteiger partial charge in [-0.25, -0.2) is 0 Å². The number of thiophene rings is 1. The van der Waals surface area contributed by atoms with Crippen molar-refractivity contribution in [3.8, 4) is 0 Å². The van der Waals surface area contributed by atoms with Crippen molar-refractivity contribution in [2.75, 3.05) is 11.9 Å². The standard InChI is InChI=1S/C17H18N2O2S/c1-12-6-8-13(9-7-12)18-16(20)14-4-2-10-19(14)17(21)15-5-3-11-22-15/h3,5-9,11,14H,2,4,10H2,1H3,(H,18,20). The lowest BCUT2D eigenvalue weighted by molar-refractivity contribution is -0.119. The molecule has 0 bridgehead atoms. The number of hydrogen-bond donors (Lipinski definition) is 1. The summed E-state index contributed by atoms with van der Waals surface area (Å²) in [5.41, 5.74) is 1.92. The molecule has 0 aliphatic carbocycles. The highest BCUT2D eigenvalue weighted by atomic mass is 32.1. The van der Waals surface area contributed by atoms with Crippen molar-refractivity contribution in [3.63, 3.8) is 0 Å². The molecule has 1 fully saturated rings. The fourth-order valence-corrected chi connectivity index (χ4v) is 3.37. The summed E-state index contributed by atoms with van der Waals surface area (Å²) in [6.45, 7) is 2.65. The van der Waals surface area contributed by atoms with Gasteiger partial charge in [0, 0.05) is 12.2 Å². The number of rotatable bonds is 3. The first-order valence-corrected chi connectivity index (χ1v) is 8.25. The molecule has 1 aliphatic heterocycles. The van der Waals surface area contributed by atoms with E-state index in [2.05, 4.69) is 5.32 Å². The summed E-state index contributed by atoms with van der Waals surface area (Å²) in [6.07, 6.45) is 1.58. The Morgan fingerprint density at radius 1 is 1.23 bits per heavy atom. The second-order valence-corrected chi connectivity index (χ2v) is 6.44. The van der Waals surface area contributed by atoms with E-state index in [0.717, 1.165) is 24.1 Å². The summed E-state index contributed by atoms with van der Waals surface area (Å²) < 4.78 is 0. The minimum Gasteiger partial charge on any atom is -0.326 e. The zero-order chi connectivity index (χ0) is 15.5. The first kappa shape index (κ1) is 14.8. The quantitative estimate of drug-likeness (QED) is 0.945. The number of nitrogens with one attached hydrogen (secondary N) is 1. The van der Waals surface area contributed by atoms with Crippen molar-refractivity contribution in [3.05, 3.63) is 52.2 Å². The van der Waals surface area contributed by atoms with Crippen LogP contribution in [0.2, 0.25) is 0 Å². The molecule has 0 spiro atoms. The molecule has 1 saturated heterocycles. The number of likely N-dealkylation sites (tertiary alicyclic amines) is 1. The molecule has 0 saturated carbocycles. The zero-order valence-electron chi connectivity index (χ0n) is 12.4. The Bertz CT molecular complexity index is 664. The fraction of sp³-hybridized carbons (Fsp3) is 0.294. The maximum Gasteiger partial charge on any atom is 0.264 e. The summed E-state index contributed by atoms with van der Waals surface area (Å²) in [4.78, 5) is 27.3. The second kappa shape index (κ2) is 6.32. The van der Waals surface area contributed by atoms with Gasteiger partial charge in [-0.15, -0.1) is 11.3 Å².